The number of fused-ring (bicyclic) bond motifs is 2. The summed E-state index contributed by atoms with van der Waals surface area (Å²) in [5, 5.41) is 9.19. The number of nitrogens with one attached hydrogen (secondary N) is 1. The molecule has 3 heterocycles. The van der Waals surface area contributed by atoms with Gasteiger partial charge in [-0.05, 0) is 56.3 Å². The van der Waals surface area contributed by atoms with E-state index in [-0.39, 0.29) is 17.9 Å². The summed E-state index contributed by atoms with van der Waals surface area (Å²) in [5.74, 6) is 0.505. The minimum absolute atomic E-state index is 0.0227. The summed E-state index contributed by atoms with van der Waals surface area (Å²) in [7, 11) is 0. The van der Waals surface area contributed by atoms with Crippen LogP contribution in [0.2, 0.25) is 0 Å². The van der Waals surface area contributed by atoms with Crippen molar-refractivity contribution in [3.8, 4) is 0 Å². The van der Waals surface area contributed by atoms with Gasteiger partial charge in [-0.25, -0.2) is 4.68 Å². The van der Waals surface area contributed by atoms with Crippen LogP contribution in [0.15, 0.2) is 59.4 Å². The molecular formula is C27H32N4O2. The maximum absolute atomic E-state index is 13.0. The van der Waals surface area contributed by atoms with Crippen LogP contribution in [-0.2, 0) is 17.8 Å². The van der Waals surface area contributed by atoms with Gasteiger partial charge in [0.2, 0.25) is 5.91 Å². The van der Waals surface area contributed by atoms with Crippen molar-refractivity contribution in [2.45, 2.75) is 51.1 Å². The monoisotopic (exact) mass is 444 g/mol. The number of benzene rings is 2. The highest BCUT2D eigenvalue weighted by molar-refractivity contribution is 5.88. The Morgan fingerprint density at radius 1 is 0.939 bits per heavy atom. The third kappa shape index (κ3) is 4.86. The fraction of sp³-hybridized carbons (Fsp3) is 0.444. The number of carbonyl (C=O) groups excluding carboxylic acids is 1. The lowest BCUT2D eigenvalue weighted by Crippen LogP contribution is -2.51. The minimum atomic E-state index is -0.127. The van der Waals surface area contributed by atoms with Crippen LogP contribution in [0.1, 0.15) is 43.4 Å². The van der Waals surface area contributed by atoms with Gasteiger partial charge >= 0.3 is 0 Å². The van der Waals surface area contributed by atoms with Gasteiger partial charge in [0.25, 0.3) is 5.56 Å². The number of rotatable bonds is 6. The van der Waals surface area contributed by atoms with Crippen molar-refractivity contribution >= 4 is 16.7 Å². The van der Waals surface area contributed by atoms with E-state index in [1.807, 2.05) is 54.6 Å². The van der Waals surface area contributed by atoms with Gasteiger partial charge < -0.3 is 10.2 Å². The number of amides is 1. The van der Waals surface area contributed by atoms with Gasteiger partial charge in [0.1, 0.15) is 0 Å². The molecule has 2 fully saturated rings. The van der Waals surface area contributed by atoms with Gasteiger partial charge in [-0.1, -0.05) is 55.0 Å². The molecule has 2 aliphatic rings. The molecule has 3 aromatic rings. The van der Waals surface area contributed by atoms with E-state index in [1.165, 1.54) is 49.9 Å². The summed E-state index contributed by atoms with van der Waals surface area (Å²) in [6.45, 7) is 3.52. The van der Waals surface area contributed by atoms with Gasteiger partial charge in [-0.2, -0.15) is 5.10 Å². The molecule has 1 amide bonds. The Bertz CT molecular complexity index is 1170. The van der Waals surface area contributed by atoms with E-state index >= 15 is 0 Å². The molecule has 0 radical (unpaired) electrons. The smallest absolute Gasteiger partial charge is 0.274 e. The first kappa shape index (κ1) is 21.8. The first-order valence-electron chi connectivity index (χ1n) is 12.2. The van der Waals surface area contributed by atoms with E-state index in [0.717, 1.165) is 17.5 Å². The van der Waals surface area contributed by atoms with E-state index in [1.54, 1.807) is 0 Å². The fourth-order valence-electron chi connectivity index (χ4n) is 5.57. The average molecular weight is 445 g/mol. The van der Waals surface area contributed by atoms with E-state index in [9.17, 15) is 9.59 Å². The summed E-state index contributed by atoms with van der Waals surface area (Å²) < 4.78 is 1.49. The molecule has 5 rings (SSSR count). The van der Waals surface area contributed by atoms with Crippen LogP contribution < -0.4 is 10.9 Å². The summed E-state index contributed by atoms with van der Waals surface area (Å²) in [6, 6.07) is 17.9. The number of carbonyl (C=O) groups is 1. The summed E-state index contributed by atoms with van der Waals surface area (Å²) in [4.78, 5) is 28.6. The number of aromatic nitrogens is 2. The zero-order valence-electron chi connectivity index (χ0n) is 19.1. The second-order valence-corrected chi connectivity index (χ2v) is 9.42. The summed E-state index contributed by atoms with van der Waals surface area (Å²) in [6.07, 6.45) is 6.42. The molecule has 1 N–H and O–H groups in total. The second kappa shape index (κ2) is 9.87. The van der Waals surface area contributed by atoms with E-state index in [0.29, 0.717) is 29.6 Å². The van der Waals surface area contributed by atoms with Crippen LogP contribution in [-0.4, -0.2) is 46.3 Å². The lowest BCUT2D eigenvalue weighted by Gasteiger charge is -2.44. The van der Waals surface area contributed by atoms with Gasteiger partial charge in [-0.3, -0.25) is 9.59 Å². The number of hydrogen-bond donors (Lipinski definition) is 1. The highest BCUT2D eigenvalue weighted by atomic mass is 16.1. The third-order valence-corrected chi connectivity index (χ3v) is 7.24. The van der Waals surface area contributed by atoms with Gasteiger partial charge in [0.15, 0.2) is 0 Å². The standard InChI is InChI=1S/C27H32N4O2/c32-26(28-18-21-11-8-16-30-15-7-6-14-25(21)30)17-24-22-12-4-5-13-23(22)27(33)31(29-24)19-20-9-2-1-3-10-20/h1-5,9-10,12-13,21,25H,6-8,11,14-19H2,(H,28,32)/t21-,25-/m1/s1. The number of nitrogens with zero attached hydrogens (tertiary/aromatic N) is 3. The van der Waals surface area contributed by atoms with Crippen LogP contribution in [0.4, 0.5) is 0 Å². The summed E-state index contributed by atoms with van der Waals surface area (Å²) >= 11 is 0. The van der Waals surface area contributed by atoms with Gasteiger partial charge in [-0.15, -0.1) is 0 Å². The van der Waals surface area contributed by atoms with Crippen molar-refractivity contribution < 1.29 is 4.79 Å². The highest BCUT2D eigenvalue weighted by Gasteiger charge is 2.33. The molecule has 2 aliphatic heterocycles. The molecular weight excluding hydrogens is 412 g/mol. The average Bonchev–Trinajstić information content (AvgIpc) is 2.86. The lowest BCUT2D eigenvalue weighted by molar-refractivity contribution is -0.120. The Labute approximate surface area is 194 Å². The summed E-state index contributed by atoms with van der Waals surface area (Å²) in [5.41, 5.74) is 1.53. The predicted molar refractivity (Wildman–Crippen MR) is 130 cm³/mol. The largest absolute Gasteiger partial charge is 0.355 e. The molecule has 0 bridgehead atoms. The van der Waals surface area contributed by atoms with Crippen LogP contribution in [0.3, 0.4) is 0 Å². The fourth-order valence-corrected chi connectivity index (χ4v) is 5.57. The molecule has 172 valence electrons. The Morgan fingerprint density at radius 2 is 1.70 bits per heavy atom. The molecule has 2 saturated heterocycles. The molecule has 0 aliphatic carbocycles. The topological polar surface area (TPSA) is 67.2 Å². The Kier molecular flexibility index (Phi) is 6.53. The minimum Gasteiger partial charge on any atom is -0.355 e. The number of hydrogen-bond acceptors (Lipinski definition) is 4. The van der Waals surface area contributed by atoms with Crippen LogP contribution in [0.25, 0.3) is 10.8 Å². The number of piperidine rings is 2. The second-order valence-electron chi connectivity index (χ2n) is 9.42. The maximum atomic E-state index is 13.0. The SMILES string of the molecule is O=C(Cc1nn(Cc2ccccc2)c(=O)c2ccccc12)NC[C@H]1CCCN2CCCC[C@H]12. The Balaban J connectivity index is 1.33. The zero-order valence-corrected chi connectivity index (χ0v) is 19.1. The van der Waals surface area contributed by atoms with Crippen molar-refractivity contribution in [1.82, 2.24) is 20.0 Å². The van der Waals surface area contributed by atoms with Crippen molar-refractivity contribution in [3.05, 3.63) is 76.2 Å². The van der Waals surface area contributed by atoms with E-state index in [4.69, 9.17) is 0 Å². The lowest BCUT2D eigenvalue weighted by atomic mass is 9.83. The maximum Gasteiger partial charge on any atom is 0.274 e. The van der Waals surface area contributed by atoms with E-state index < -0.39 is 0 Å². The quantitative estimate of drug-likeness (QED) is 0.633. The highest BCUT2D eigenvalue weighted by Crippen LogP contribution is 2.30. The normalized spacial score (nSPS) is 21.0. The molecule has 1 aromatic heterocycles. The zero-order chi connectivity index (χ0) is 22.6. The van der Waals surface area contributed by atoms with Crippen molar-refractivity contribution in [1.29, 1.82) is 0 Å². The van der Waals surface area contributed by atoms with Gasteiger partial charge in [0.05, 0.1) is 24.0 Å². The van der Waals surface area contributed by atoms with Crippen molar-refractivity contribution in [2.75, 3.05) is 19.6 Å². The molecule has 6 nitrogen and oxygen atoms in total. The first-order chi connectivity index (χ1) is 16.2. The molecule has 2 atom stereocenters. The molecule has 0 saturated carbocycles. The molecule has 6 heteroatoms. The molecule has 33 heavy (non-hydrogen) atoms. The molecule has 0 spiro atoms. The molecule has 0 unspecified atom stereocenters. The van der Waals surface area contributed by atoms with Crippen LogP contribution in [0.5, 0.6) is 0 Å². The third-order valence-electron chi connectivity index (χ3n) is 7.24. The Hall–Kier alpha value is -2.99. The van der Waals surface area contributed by atoms with Crippen LogP contribution in [0, 0.1) is 5.92 Å². The van der Waals surface area contributed by atoms with Crippen molar-refractivity contribution in [3.63, 3.8) is 0 Å². The van der Waals surface area contributed by atoms with Crippen LogP contribution >= 0.6 is 0 Å². The van der Waals surface area contributed by atoms with Gasteiger partial charge in [0, 0.05) is 18.0 Å². The predicted octanol–water partition coefficient (Wildman–Crippen LogP) is 3.37. The van der Waals surface area contributed by atoms with Crippen molar-refractivity contribution in [2.24, 2.45) is 5.92 Å². The molecule has 2 aromatic carbocycles. The van der Waals surface area contributed by atoms with E-state index in [2.05, 4.69) is 15.3 Å². The Morgan fingerprint density at radius 3 is 2.55 bits per heavy atom. The first-order valence-corrected chi connectivity index (χ1v) is 12.2.